The third kappa shape index (κ3) is 4.13. The van der Waals surface area contributed by atoms with Crippen LogP contribution in [0.3, 0.4) is 0 Å². The molecule has 0 spiro atoms. The van der Waals surface area contributed by atoms with E-state index in [-0.39, 0.29) is 5.69 Å². The molecule has 0 saturated carbocycles. The van der Waals surface area contributed by atoms with E-state index in [4.69, 9.17) is 0 Å². The Morgan fingerprint density at radius 2 is 1.86 bits per heavy atom. The fourth-order valence-electron chi connectivity index (χ4n) is 3.34. The molecule has 29 heavy (non-hydrogen) atoms. The Bertz CT molecular complexity index is 958. The number of hydrogen-bond donors (Lipinski definition) is 2. The van der Waals surface area contributed by atoms with E-state index in [1.807, 2.05) is 24.3 Å². The molecule has 0 radical (unpaired) electrons. The zero-order valence-electron chi connectivity index (χ0n) is 16.7. The molecule has 2 N–H and O–H groups in total. The van der Waals surface area contributed by atoms with Gasteiger partial charge in [0.15, 0.2) is 0 Å². The van der Waals surface area contributed by atoms with E-state index in [9.17, 15) is 18.8 Å². The summed E-state index contributed by atoms with van der Waals surface area (Å²) in [6.45, 7) is 4.87. The maximum Gasteiger partial charge on any atom is 0.325 e. The number of carbonyl (C=O) groups excluding carboxylic acids is 3. The van der Waals surface area contributed by atoms with E-state index >= 15 is 0 Å². The number of benzene rings is 2. The number of urea groups is 1. The number of hydrogen-bond acceptors (Lipinski definition) is 3. The van der Waals surface area contributed by atoms with Crippen LogP contribution in [0.2, 0.25) is 0 Å². The van der Waals surface area contributed by atoms with Gasteiger partial charge in [0.2, 0.25) is 5.91 Å². The van der Waals surface area contributed by atoms with Crippen LogP contribution < -0.4 is 10.6 Å². The minimum absolute atomic E-state index is 0.263. The smallest absolute Gasteiger partial charge is 0.324 e. The third-order valence-electron chi connectivity index (χ3n) is 5.10. The van der Waals surface area contributed by atoms with Gasteiger partial charge in [0.05, 0.1) is 0 Å². The molecule has 1 fully saturated rings. The van der Waals surface area contributed by atoms with Crippen LogP contribution in [-0.2, 0) is 21.5 Å². The van der Waals surface area contributed by atoms with Gasteiger partial charge in [-0.05, 0) is 49.1 Å². The zero-order valence-corrected chi connectivity index (χ0v) is 16.7. The first-order valence-corrected chi connectivity index (χ1v) is 9.54. The van der Waals surface area contributed by atoms with E-state index in [1.54, 1.807) is 19.9 Å². The lowest BCUT2D eigenvalue weighted by Crippen LogP contribution is -2.42. The van der Waals surface area contributed by atoms with Crippen molar-refractivity contribution in [2.45, 2.75) is 39.2 Å². The van der Waals surface area contributed by atoms with Gasteiger partial charge < -0.3 is 10.6 Å². The largest absolute Gasteiger partial charge is 0.325 e. The Morgan fingerprint density at radius 3 is 2.48 bits per heavy atom. The number of nitrogens with one attached hydrogen (secondary N) is 2. The van der Waals surface area contributed by atoms with Gasteiger partial charge in [-0.2, -0.15) is 0 Å². The number of nitrogens with zero attached hydrogens (tertiary/aromatic N) is 1. The number of anilines is 1. The fraction of sp³-hybridized carbons (Fsp3) is 0.318. The van der Waals surface area contributed by atoms with Crippen molar-refractivity contribution in [3.8, 4) is 0 Å². The molecule has 4 amide bonds. The molecule has 152 valence electrons. The van der Waals surface area contributed by atoms with E-state index < -0.39 is 35.7 Å². The molecule has 1 atom stereocenters. The van der Waals surface area contributed by atoms with Crippen LogP contribution in [0.1, 0.15) is 37.0 Å². The summed E-state index contributed by atoms with van der Waals surface area (Å²) < 4.78 is 13.6. The summed E-state index contributed by atoms with van der Waals surface area (Å²) in [5, 5.41) is 5.19. The van der Waals surface area contributed by atoms with Crippen LogP contribution in [0.15, 0.2) is 42.5 Å². The zero-order chi connectivity index (χ0) is 21.2. The number of aryl methyl sites for hydroxylation is 2. The average Bonchev–Trinajstić information content (AvgIpc) is 2.89. The summed E-state index contributed by atoms with van der Waals surface area (Å²) in [6.07, 6.45) is 1.95. The van der Waals surface area contributed by atoms with Gasteiger partial charge in [0, 0.05) is 5.69 Å². The first-order chi connectivity index (χ1) is 13.7. The fourth-order valence-corrected chi connectivity index (χ4v) is 3.34. The first kappa shape index (κ1) is 20.5. The highest BCUT2D eigenvalue weighted by Gasteiger charge is 2.49. The minimum Gasteiger partial charge on any atom is -0.324 e. The summed E-state index contributed by atoms with van der Waals surface area (Å²) in [6, 6.07) is 11.2. The number of halogens is 1. The number of amides is 4. The van der Waals surface area contributed by atoms with Crippen molar-refractivity contribution >= 4 is 23.5 Å². The van der Waals surface area contributed by atoms with E-state index in [1.165, 1.54) is 12.1 Å². The SMILES string of the molecule is CCCc1ccc([C@]2(C)NC(=O)N(CC(=O)Nc3ccc(C)c(F)c3)C2=O)cc1. The van der Waals surface area contributed by atoms with Gasteiger partial charge >= 0.3 is 6.03 Å². The van der Waals surface area contributed by atoms with Crippen LogP contribution in [0.5, 0.6) is 0 Å². The number of carbonyl (C=O) groups is 3. The lowest BCUT2D eigenvalue weighted by molar-refractivity contribution is -0.133. The van der Waals surface area contributed by atoms with Crippen molar-refractivity contribution in [2.75, 3.05) is 11.9 Å². The second-order valence-corrected chi connectivity index (χ2v) is 7.41. The van der Waals surface area contributed by atoms with E-state index in [0.29, 0.717) is 11.1 Å². The standard InChI is InChI=1S/C22H24FN3O3/c1-4-5-15-7-9-16(10-8-15)22(3)20(28)26(21(29)25-22)13-19(27)24-17-11-6-14(2)18(23)12-17/h6-12H,4-5,13H2,1-3H3,(H,24,27)(H,25,29)/t22-/m0/s1. The molecule has 1 aliphatic heterocycles. The van der Waals surface area contributed by atoms with Crippen LogP contribution in [0, 0.1) is 12.7 Å². The van der Waals surface area contributed by atoms with E-state index in [2.05, 4.69) is 17.6 Å². The predicted octanol–water partition coefficient (Wildman–Crippen LogP) is 3.49. The molecular formula is C22H24FN3O3. The van der Waals surface area contributed by atoms with Gasteiger partial charge in [0.25, 0.3) is 5.91 Å². The van der Waals surface area contributed by atoms with E-state index in [0.717, 1.165) is 23.3 Å². The normalized spacial score (nSPS) is 18.7. The maximum absolute atomic E-state index is 13.6. The number of rotatable bonds is 6. The third-order valence-corrected chi connectivity index (χ3v) is 5.10. The highest BCUT2D eigenvalue weighted by molar-refractivity contribution is 6.10. The Balaban J connectivity index is 1.72. The Hall–Kier alpha value is -3.22. The summed E-state index contributed by atoms with van der Waals surface area (Å²) in [5.41, 5.74) is 1.28. The Morgan fingerprint density at radius 1 is 1.17 bits per heavy atom. The molecule has 2 aromatic carbocycles. The molecule has 0 aliphatic carbocycles. The van der Waals surface area contributed by atoms with Crippen LogP contribution in [0.4, 0.5) is 14.9 Å². The summed E-state index contributed by atoms with van der Waals surface area (Å²) in [5.74, 6) is -1.54. The van der Waals surface area contributed by atoms with Crippen molar-refractivity contribution in [1.82, 2.24) is 10.2 Å². The predicted molar refractivity (Wildman–Crippen MR) is 108 cm³/mol. The highest BCUT2D eigenvalue weighted by Crippen LogP contribution is 2.29. The summed E-state index contributed by atoms with van der Waals surface area (Å²) in [7, 11) is 0. The first-order valence-electron chi connectivity index (χ1n) is 9.54. The van der Waals surface area contributed by atoms with Crippen molar-refractivity contribution in [3.63, 3.8) is 0 Å². The van der Waals surface area contributed by atoms with Crippen LogP contribution in [-0.4, -0.2) is 29.3 Å². The molecule has 1 saturated heterocycles. The molecule has 7 heteroatoms. The number of imide groups is 1. The lowest BCUT2D eigenvalue weighted by Gasteiger charge is -2.22. The Kier molecular flexibility index (Phi) is 5.68. The molecule has 1 aliphatic rings. The minimum atomic E-state index is -1.24. The Labute approximate surface area is 169 Å². The highest BCUT2D eigenvalue weighted by atomic mass is 19.1. The van der Waals surface area contributed by atoms with Gasteiger partial charge in [-0.15, -0.1) is 0 Å². The van der Waals surface area contributed by atoms with Crippen molar-refractivity contribution < 1.29 is 18.8 Å². The van der Waals surface area contributed by atoms with Gasteiger partial charge in [-0.3, -0.25) is 14.5 Å². The van der Waals surface area contributed by atoms with Crippen LogP contribution >= 0.6 is 0 Å². The maximum atomic E-state index is 13.6. The molecule has 0 aromatic heterocycles. The average molecular weight is 397 g/mol. The summed E-state index contributed by atoms with van der Waals surface area (Å²) in [4.78, 5) is 38.5. The molecule has 6 nitrogen and oxygen atoms in total. The lowest BCUT2D eigenvalue weighted by atomic mass is 9.91. The second kappa shape index (κ2) is 8.03. The quantitative estimate of drug-likeness (QED) is 0.733. The van der Waals surface area contributed by atoms with Crippen molar-refractivity contribution in [1.29, 1.82) is 0 Å². The van der Waals surface area contributed by atoms with Gasteiger partial charge in [-0.1, -0.05) is 43.7 Å². The van der Waals surface area contributed by atoms with Gasteiger partial charge in [0.1, 0.15) is 17.9 Å². The second-order valence-electron chi connectivity index (χ2n) is 7.41. The van der Waals surface area contributed by atoms with Crippen molar-refractivity contribution in [3.05, 3.63) is 65.0 Å². The monoisotopic (exact) mass is 397 g/mol. The molecule has 0 bridgehead atoms. The topological polar surface area (TPSA) is 78.5 Å². The summed E-state index contributed by atoms with van der Waals surface area (Å²) >= 11 is 0. The van der Waals surface area contributed by atoms with Gasteiger partial charge in [-0.25, -0.2) is 9.18 Å². The molecule has 3 rings (SSSR count). The molecular weight excluding hydrogens is 373 g/mol. The molecule has 0 unspecified atom stereocenters. The molecule has 1 heterocycles. The molecule has 2 aromatic rings. The van der Waals surface area contributed by atoms with Crippen LogP contribution in [0.25, 0.3) is 0 Å². The van der Waals surface area contributed by atoms with Crippen molar-refractivity contribution in [2.24, 2.45) is 0 Å².